The highest BCUT2D eigenvalue weighted by atomic mass is 19.4. The number of halogens is 4. The Morgan fingerprint density at radius 3 is 2.56 bits per heavy atom. The third-order valence-corrected chi connectivity index (χ3v) is 6.28. The molecular weight excluding hydrogens is 512 g/mol. The maximum Gasteiger partial charge on any atom is 0.416 e. The van der Waals surface area contributed by atoms with E-state index in [-0.39, 0.29) is 45.9 Å². The molecule has 0 saturated carbocycles. The van der Waals surface area contributed by atoms with Crippen LogP contribution in [0, 0.1) is 23.1 Å². The van der Waals surface area contributed by atoms with E-state index in [9.17, 15) is 22.4 Å². The molecule has 3 aromatic rings. The van der Waals surface area contributed by atoms with Crippen molar-refractivity contribution in [2.45, 2.75) is 12.7 Å². The van der Waals surface area contributed by atoms with Crippen LogP contribution >= 0.6 is 0 Å². The van der Waals surface area contributed by atoms with Crippen LogP contribution in [0.25, 0.3) is 0 Å². The number of alkyl halides is 3. The average Bonchev–Trinajstić information content (AvgIpc) is 2.90. The standard InChI is InChI=1S/C28H26F4N6O/c1-37-8-10-38(11-9-37)17-19-3-5-22(14-24(19)28(30,31)32)36-27(39)20-12-18(15-35-16-20)2-6-25(33)23-13-21(29)4-7-26(23)34/h3-5,7,12-16,33H,8-11,17,34H2,1H3,(H,36,39). The van der Waals surface area contributed by atoms with Crippen LogP contribution in [-0.2, 0) is 12.7 Å². The summed E-state index contributed by atoms with van der Waals surface area (Å²) in [7, 11) is 1.97. The van der Waals surface area contributed by atoms with Gasteiger partial charge in [-0.25, -0.2) is 4.39 Å². The van der Waals surface area contributed by atoms with Gasteiger partial charge in [0.15, 0.2) is 0 Å². The number of carbonyl (C=O) groups excluding carboxylic acids is 1. The van der Waals surface area contributed by atoms with E-state index in [1.165, 1.54) is 42.7 Å². The van der Waals surface area contributed by atoms with E-state index in [2.05, 4.69) is 27.0 Å². The SMILES string of the molecule is CN1CCN(Cc2ccc(NC(=O)c3cncc(C#CC(=N)c4cc(F)ccc4N)c3)cc2C(F)(F)F)CC1. The minimum absolute atomic E-state index is 0.00528. The van der Waals surface area contributed by atoms with Crippen molar-refractivity contribution in [2.75, 3.05) is 44.3 Å². The number of hydrogen-bond acceptors (Lipinski definition) is 6. The molecule has 2 aromatic carbocycles. The number of benzene rings is 2. The molecule has 1 fully saturated rings. The molecule has 11 heteroatoms. The average molecular weight is 539 g/mol. The molecule has 1 aliphatic heterocycles. The first-order chi connectivity index (χ1) is 18.5. The molecule has 0 unspecified atom stereocenters. The summed E-state index contributed by atoms with van der Waals surface area (Å²) in [5.41, 5.74) is 5.55. The predicted octanol–water partition coefficient (Wildman–Crippen LogP) is 4.24. The summed E-state index contributed by atoms with van der Waals surface area (Å²) in [6.07, 6.45) is -1.97. The number of anilines is 2. The monoisotopic (exact) mass is 538 g/mol. The van der Waals surface area contributed by atoms with Crippen molar-refractivity contribution in [3.63, 3.8) is 0 Å². The second-order valence-electron chi connectivity index (χ2n) is 9.22. The lowest BCUT2D eigenvalue weighted by molar-refractivity contribution is -0.138. The van der Waals surface area contributed by atoms with Gasteiger partial charge < -0.3 is 16.0 Å². The first-order valence-corrected chi connectivity index (χ1v) is 12.0. The number of nitrogens with one attached hydrogen (secondary N) is 2. The van der Waals surface area contributed by atoms with E-state index in [4.69, 9.17) is 11.1 Å². The van der Waals surface area contributed by atoms with Crippen LogP contribution in [-0.4, -0.2) is 59.6 Å². The lowest BCUT2D eigenvalue weighted by Gasteiger charge is -2.33. The van der Waals surface area contributed by atoms with Crippen LogP contribution in [0.15, 0.2) is 54.9 Å². The summed E-state index contributed by atoms with van der Waals surface area (Å²) in [6.45, 7) is 3.08. The van der Waals surface area contributed by atoms with Crippen molar-refractivity contribution in [2.24, 2.45) is 0 Å². The van der Waals surface area contributed by atoms with Gasteiger partial charge in [0.05, 0.1) is 11.1 Å². The molecule has 4 N–H and O–H groups in total. The molecule has 0 aliphatic carbocycles. The molecule has 39 heavy (non-hydrogen) atoms. The van der Waals surface area contributed by atoms with Gasteiger partial charge in [-0.1, -0.05) is 12.0 Å². The summed E-state index contributed by atoms with van der Waals surface area (Å²) >= 11 is 0. The molecule has 0 radical (unpaired) electrons. The number of likely N-dealkylation sites (N-methyl/N-ethyl adjacent to an activating group) is 1. The second-order valence-corrected chi connectivity index (χ2v) is 9.22. The van der Waals surface area contributed by atoms with E-state index in [1.54, 1.807) is 0 Å². The van der Waals surface area contributed by atoms with Crippen molar-refractivity contribution in [1.29, 1.82) is 5.41 Å². The predicted molar refractivity (Wildman–Crippen MR) is 141 cm³/mol. The molecule has 0 spiro atoms. The number of piperazine rings is 1. The van der Waals surface area contributed by atoms with Gasteiger partial charge in [-0.2, -0.15) is 13.2 Å². The number of amides is 1. The lowest BCUT2D eigenvalue weighted by atomic mass is 10.0. The minimum atomic E-state index is -4.59. The van der Waals surface area contributed by atoms with Crippen LogP contribution < -0.4 is 11.1 Å². The van der Waals surface area contributed by atoms with E-state index < -0.39 is 23.5 Å². The minimum Gasteiger partial charge on any atom is -0.398 e. The maximum absolute atomic E-state index is 13.9. The van der Waals surface area contributed by atoms with Gasteiger partial charge in [0.1, 0.15) is 11.5 Å². The Morgan fingerprint density at radius 2 is 1.85 bits per heavy atom. The highest BCUT2D eigenvalue weighted by Gasteiger charge is 2.34. The first-order valence-electron chi connectivity index (χ1n) is 12.0. The largest absolute Gasteiger partial charge is 0.416 e. The Bertz CT molecular complexity index is 1450. The van der Waals surface area contributed by atoms with Gasteiger partial charge in [0.25, 0.3) is 5.91 Å². The highest BCUT2D eigenvalue weighted by Crippen LogP contribution is 2.34. The van der Waals surface area contributed by atoms with Gasteiger partial charge in [-0.15, -0.1) is 0 Å². The first kappa shape index (κ1) is 27.8. The Hall–Kier alpha value is -4.27. The van der Waals surface area contributed by atoms with Crippen molar-refractivity contribution in [3.05, 3.63) is 88.5 Å². The molecular formula is C28H26F4N6O. The highest BCUT2D eigenvalue weighted by molar-refractivity contribution is 6.14. The van der Waals surface area contributed by atoms with Gasteiger partial charge >= 0.3 is 6.18 Å². The van der Waals surface area contributed by atoms with E-state index in [0.717, 1.165) is 25.2 Å². The summed E-state index contributed by atoms with van der Waals surface area (Å²) in [5, 5.41) is 10.6. The van der Waals surface area contributed by atoms with Crippen LogP contribution in [0.3, 0.4) is 0 Å². The van der Waals surface area contributed by atoms with Crippen molar-refractivity contribution >= 4 is 23.0 Å². The summed E-state index contributed by atoms with van der Waals surface area (Å²) in [6, 6.07) is 8.76. The van der Waals surface area contributed by atoms with Gasteiger partial charge in [0, 0.05) is 67.6 Å². The Labute approximate surface area is 223 Å². The third kappa shape index (κ3) is 7.19. The number of nitrogens with zero attached hydrogens (tertiary/aromatic N) is 3. The second kappa shape index (κ2) is 11.6. The van der Waals surface area contributed by atoms with Crippen LogP contribution in [0.4, 0.5) is 28.9 Å². The Kier molecular flexibility index (Phi) is 8.28. The molecule has 0 bridgehead atoms. The fourth-order valence-electron chi connectivity index (χ4n) is 4.09. The van der Waals surface area contributed by atoms with E-state index >= 15 is 0 Å². The van der Waals surface area contributed by atoms with Crippen LogP contribution in [0.1, 0.15) is 32.6 Å². The van der Waals surface area contributed by atoms with Crippen LogP contribution in [0.5, 0.6) is 0 Å². The fraction of sp³-hybridized carbons (Fsp3) is 0.250. The summed E-state index contributed by atoms with van der Waals surface area (Å²) in [4.78, 5) is 20.9. The number of aromatic nitrogens is 1. The third-order valence-electron chi connectivity index (χ3n) is 6.28. The van der Waals surface area contributed by atoms with Crippen LogP contribution in [0.2, 0.25) is 0 Å². The molecule has 2 heterocycles. The number of nitrogen functional groups attached to an aromatic ring is 1. The van der Waals surface area contributed by atoms with Gasteiger partial charge in [-0.3, -0.25) is 20.1 Å². The quantitative estimate of drug-likeness (QED) is 0.195. The molecule has 4 rings (SSSR count). The summed E-state index contributed by atoms with van der Waals surface area (Å²) in [5.74, 6) is 3.99. The smallest absolute Gasteiger partial charge is 0.398 e. The molecule has 1 saturated heterocycles. The van der Waals surface area contributed by atoms with E-state index in [0.29, 0.717) is 13.1 Å². The molecule has 1 amide bonds. The number of carbonyl (C=O) groups is 1. The number of nitrogens with two attached hydrogens (primary N) is 1. The number of rotatable bonds is 5. The fourth-order valence-corrected chi connectivity index (χ4v) is 4.09. The normalized spacial score (nSPS) is 14.4. The zero-order valence-corrected chi connectivity index (χ0v) is 21.1. The molecule has 0 atom stereocenters. The van der Waals surface area contributed by atoms with Crippen molar-refractivity contribution in [3.8, 4) is 11.8 Å². The Morgan fingerprint density at radius 1 is 1.10 bits per heavy atom. The van der Waals surface area contributed by atoms with Crippen molar-refractivity contribution < 1.29 is 22.4 Å². The zero-order chi connectivity index (χ0) is 28.2. The molecule has 1 aliphatic rings. The summed E-state index contributed by atoms with van der Waals surface area (Å²) < 4.78 is 55.1. The lowest BCUT2D eigenvalue weighted by Crippen LogP contribution is -2.44. The Balaban J connectivity index is 1.49. The molecule has 7 nitrogen and oxygen atoms in total. The van der Waals surface area contributed by atoms with Gasteiger partial charge in [0.2, 0.25) is 0 Å². The maximum atomic E-state index is 13.9. The topological polar surface area (TPSA) is 98.3 Å². The molecule has 1 aromatic heterocycles. The zero-order valence-electron chi connectivity index (χ0n) is 21.1. The van der Waals surface area contributed by atoms with E-state index in [1.807, 2.05) is 11.9 Å². The number of pyridine rings is 1. The van der Waals surface area contributed by atoms with Gasteiger partial charge in [-0.05, 0) is 54.9 Å². The van der Waals surface area contributed by atoms with Crippen molar-refractivity contribution in [1.82, 2.24) is 14.8 Å². The molecule has 202 valence electrons. The number of hydrogen-bond donors (Lipinski definition) is 3.